The Morgan fingerprint density at radius 1 is 1.11 bits per heavy atom. The Morgan fingerprint density at radius 3 is 2.37 bits per heavy atom. The highest BCUT2D eigenvalue weighted by Crippen LogP contribution is 2.26. The van der Waals surface area contributed by atoms with Gasteiger partial charge >= 0.3 is 0 Å². The maximum Gasteiger partial charge on any atom is 0.231 e. The summed E-state index contributed by atoms with van der Waals surface area (Å²) in [7, 11) is 0. The summed E-state index contributed by atoms with van der Waals surface area (Å²) in [5.41, 5.74) is 11.4. The second-order valence-electron chi connectivity index (χ2n) is 4.33. The fourth-order valence-electron chi connectivity index (χ4n) is 2.00. The van der Waals surface area contributed by atoms with Crippen LogP contribution in [0.5, 0.6) is 0 Å². The second-order valence-corrected chi connectivity index (χ2v) is 5.25. The third kappa shape index (κ3) is 3.52. The van der Waals surface area contributed by atoms with Crippen LogP contribution in [0.1, 0.15) is 5.56 Å². The Labute approximate surface area is 114 Å². The lowest BCUT2D eigenvalue weighted by molar-refractivity contribution is -0.122. The predicted octanol–water partition coefficient (Wildman–Crippen LogP) is 0.674. The monoisotopic (exact) mass is 277 g/mol. The van der Waals surface area contributed by atoms with Crippen molar-refractivity contribution in [3.05, 3.63) is 35.2 Å². The molecule has 0 atom stereocenters. The molecule has 0 aliphatic rings. The zero-order valence-corrected chi connectivity index (χ0v) is 11.2. The zero-order valence-electron chi connectivity index (χ0n) is 10.3. The van der Waals surface area contributed by atoms with Crippen LogP contribution in [0.3, 0.4) is 0 Å². The Balaban J connectivity index is 2.20. The highest BCUT2D eigenvalue weighted by atomic mass is 32.1. The van der Waals surface area contributed by atoms with Gasteiger partial charge in [0.15, 0.2) is 0 Å². The number of benzene rings is 1. The molecule has 2 amide bonds. The molecule has 1 aromatic carbocycles. The van der Waals surface area contributed by atoms with Gasteiger partial charge in [0.1, 0.15) is 0 Å². The van der Waals surface area contributed by atoms with E-state index < -0.39 is 11.8 Å². The van der Waals surface area contributed by atoms with Crippen molar-refractivity contribution in [2.45, 2.75) is 6.54 Å². The first-order chi connectivity index (χ1) is 9.06. The number of primary amides is 2. The molecule has 0 aliphatic heterocycles. The van der Waals surface area contributed by atoms with Crippen LogP contribution in [0.25, 0.3) is 10.1 Å². The number of carbonyl (C=O) groups excluding carboxylic acids is 2. The van der Waals surface area contributed by atoms with E-state index >= 15 is 0 Å². The molecule has 0 aliphatic carbocycles. The summed E-state index contributed by atoms with van der Waals surface area (Å²) in [6, 6.07) is 8.00. The minimum atomic E-state index is -0.471. The van der Waals surface area contributed by atoms with E-state index in [4.69, 9.17) is 11.5 Å². The van der Waals surface area contributed by atoms with Crippen molar-refractivity contribution in [2.75, 3.05) is 13.1 Å². The average Bonchev–Trinajstić information content (AvgIpc) is 2.71. The third-order valence-corrected chi connectivity index (χ3v) is 3.73. The first kappa shape index (κ1) is 13.5. The number of hydrogen-bond donors (Lipinski definition) is 2. The van der Waals surface area contributed by atoms with E-state index in [-0.39, 0.29) is 13.1 Å². The quantitative estimate of drug-likeness (QED) is 0.813. The number of amides is 2. The van der Waals surface area contributed by atoms with E-state index in [0.29, 0.717) is 6.54 Å². The molecule has 1 aromatic heterocycles. The van der Waals surface area contributed by atoms with Gasteiger partial charge in [-0.15, -0.1) is 11.3 Å². The van der Waals surface area contributed by atoms with E-state index in [1.54, 1.807) is 16.2 Å². The molecule has 0 spiro atoms. The molecule has 0 bridgehead atoms. The van der Waals surface area contributed by atoms with Crippen molar-refractivity contribution in [2.24, 2.45) is 11.5 Å². The molecule has 4 N–H and O–H groups in total. The molecule has 100 valence electrons. The van der Waals surface area contributed by atoms with Crippen LogP contribution in [0, 0.1) is 0 Å². The second kappa shape index (κ2) is 5.81. The normalized spacial score (nSPS) is 11.0. The van der Waals surface area contributed by atoms with Crippen LogP contribution in [-0.2, 0) is 16.1 Å². The van der Waals surface area contributed by atoms with E-state index in [1.165, 1.54) is 4.70 Å². The topological polar surface area (TPSA) is 89.4 Å². The van der Waals surface area contributed by atoms with Gasteiger partial charge in [-0.3, -0.25) is 14.5 Å². The number of thiophene rings is 1. The first-order valence-electron chi connectivity index (χ1n) is 5.80. The molecule has 6 heteroatoms. The summed E-state index contributed by atoms with van der Waals surface area (Å²) >= 11 is 1.63. The summed E-state index contributed by atoms with van der Waals surface area (Å²) in [5.74, 6) is -0.943. The van der Waals surface area contributed by atoms with Gasteiger partial charge in [-0.1, -0.05) is 18.2 Å². The van der Waals surface area contributed by atoms with Gasteiger partial charge in [-0.05, 0) is 22.4 Å². The van der Waals surface area contributed by atoms with E-state index in [0.717, 1.165) is 10.9 Å². The van der Waals surface area contributed by atoms with Gasteiger partial charge in [0, 0.05) is 11.2 Å². The van der Waals surface area contributed by atoms with Crippen molar-refractivity contribution in [1.82, 2.24) is 4.90 Å². The number of nitrogens with two attached hydrogens (primary N) is 2. The van der Waals surface area contributed by atoms with Gasteiger partial charge in [-0.2, -0.15) is 0 Å². The summed E-state index contributed by atoms with van der Waals surface area (Å²) in [6.07, 6.45) is 0. The highest BCUT2D eigenvalue weighted by molar-refractivity contribution is 7.17. The molecule has 0 radical (unpaired) electrons. The molecule has 0 saturated carbocycles. The largest absolute Gasteiger partial charge is 0.369 e. The number of rotatable bonds is 6. The van der Waals surface area contributed by atoms with Crippen molar-refractivity contribution in [3.8, 4) is 0 Å². The summed E-state index contributed by atoms with van der Waals surface area (Å²) in [4.78, 5) is 23.7. The van der Waals surface area contributed by atoms with Crippen molar-refractivity contribution < 1.29 is 9.59 Å². The van der Waals surface area contributed by atoms with Crippen molar-refractivity contribution >= 4 is 33.2 Å². The van der Waals surface area contributed by atoms with Crippen molar-refractivity contribution in [1.29, 1.82) is 0 Å². The van der Waals surface area contributed by atoms with Crippen LogP contribution < -0.4 is 11.5 Å². The molecule has 2 aromatic rings. The van der Waals surface area contributed by atoms with Gasteiger partial charge in [0.2, 0.25) is 11.8 Å². The van der Waals surface area contributed by atoms with Crippen LogP contribution >= 0.6 is 11.3 Å². The fourth-order valence-corrected chi connectivity index (χ4v) is 2.96. The third-order valence-electron chi connectivity index (χ3n) is 2.71. The average molecular weight is 277 g/mol. The fraction of sp³-hybridized carbons (Fsp3) is 0.231. The van der Waals surface area contributed by atoms with Crippen molar-refractivity contribution in [3.63, 3.8) is 0 Å². The van der Waals surface area contributed by atoms with Crippen LogP contribution in [0.15, 0.2) is 29.6 Å². The van der Waals surface area contributed by atoms with E-state index in [1.807, 2.05) is 29.6 Å². The number of nitrogens with zero attached hydrogens (tertiary/aromatic N) is 1. The zero-order chi connectivity index (χ0) is 13.8. The van der Waals surface area contributed by atoms with E-state index in [2.05, 4.69) is 0 Å². The molecule has 19 heavy (non-hydrogen) atoms. The Kier molecular flexibility index (Phi) is 4.13. The maximum absolute atomic E-state index is 11.0. The number of hydrogen-bond acceptors (Lipinski definition) is 4. The number of fused-ring (bicyclic) bond motifs is 1. The lowest BCUT2D eigenvalue weighted by Gasteiger charge is -2.18. The Hall–Kier alpha value is -1.92. The van der Waals surface area contributed by atoms with Gasteiger partial charge < -0.3 is 11.5 Å². The standard InChI is InChI=1S/C13H15N3O2S/c14-12(17)6-16(7-13(15)18)5-9-8-19-11-4-2-1-3-10(9)11/h1-4,8H,5-7H2,(H2,14,17)(H2,15,18). The molecule has 5 nitrogen and oxygen atoms in total. The lowest BCUT2D eigenvalue weighted by Crippen LogP contribution is -2.39. The summed E-state index contributed by atoms with van der Waals surface area (Å²) in [5, 5.41) is 3.16. The Morgan fingerprint density at radius 2 is 1.74 bits per heavy atom. The minimum Gasteiger partial charge on any atom is -0.369 e. The molecular weight excluding hydrogens is 262 g/mol. The molecule has 0 fully saturated rings. The van der Waals surface area contributed by atoms with Gasteiger partial charge in [0.25, 0.3) is 0 Å². The molecular formula is C13H15N3O2S. The SMILES string of the molecule is NC(=O)CN(CC(N)=O)Cc1csc2ccccc12. The minimum absolute atomic E-state index is 0.0209. The molecule has 0 unspecified atom stereocenters. The van der Waals surface area contributed by atoms with Crippen LogP contribution in [0.4, 0.5) is 0 Å². The van der Waals surface area contributed by atoms with Crippen LogP contribution in [-0.4, -0.2) is 29.8 Å². The van der Waals surface area contributed by atoms with E-state index in [9.17, 15) is 9.59 Å². The predicted molar refractivity (Wildman–Crippen MR) is 75.5 cm³/mol. The maximum atomic E-state index is 11.0. The smallest absolute Gasteiger partial charge is 0.231 e. The summed E-state index contributed by atoms with van der Waals surface area (Å²) < 4.78 is 1.18. The van der Waals surface area contributed by atoms with Gasteiger partial charge in [-0.25, -0.2) is 0 Å². The summed E-state index contributed by atoms with van der Waals surface area (Å²) in [6.45, 7) is 0.524. The molecule has 2 rings (SSSR count). The first-order valence-corrected chi connectivity index (χ1v) is 6.68. The van der Waals surface area contributed by atoms with Crippen LogP contribution in [0.2, 0.25) is 0 Å². The Bertz CT molecular complexity index is 593. The molecule has 1 heterocycles. The lowest BCUT2D eigenvalue weighted by atomic mass is 10.1. The number of carbonyl (C=O) groups is 2. The highest BCUT2D eigenvalue weighted by Gasteiger charge is 2.14. The van der Waals surface area contributed by atoms with Gasteiger partial charge in [0.05, 0.1) is 13.1 Å². The molecule has 0 saturated heterocycles.